The number of nitrogens with zero attached hydrogens (tertiary/aromatic N) is 1. The van der Waals surface area contributed by atoms with Gasteiger partial charge in [0.1, 0.15) is 6.61 Å². The minimum Gasteiger partial charge on any atom is -0.391 e. The van der Waals surface area contributed by atoms with E-state index < -0.39 is 23.4 Å². The average molecular weight is 384 g/mol. The topological polar surface area (TPSA) is 103 Å². The molecule has 0 amide bonds. The van der Waals surface area contributed by atoms with Crippen LogP contribution in [0.15, 0.2) is 21.9 Å². The van der Waals surface area contributed by atoms with Crippen molar-refractivity contribution >= 4 is 23.0 Å². The summed E-state index contributed by atoms with van der Waals surface area (Å²) in [5, 5.41) is 10.1. The summed E-state index contributed by atoms with van der Waals surface area (Å²) in [7, 11) is 0. The van der Waals surface area contributed by atoms with Crippen molar-refractivity contribution in [3.8, 4) is 0 Å². The van der Waals surface area contributed by atoms with Gasteiger partial charge in [-0.3, -0.25) is 14.3 Å². The zero-order valence-corrected chi connectivity index (χ0v) is 12.0. The predicted molar refractivity (Wildman–Crippen MR) is 71.8 cm³/mol. The second-order valence-electron chi connectivity index (χ2n) is 4.19. The van der Waals surface area contributed by atoms with Crippen molar-refractivity contribution in [1.29, 1.82) is 0 Å². The van der Waals surface area contributed by atoms with Gasteiger partial charge in [0, 0.05) is 18.7 Å². The molecule has 1 aromatic heterocycles. The van der Waals surface area contributed by atoms with Gasteiger partial charge in [0.05, 0.1) is 24.9 Å². The molecule has 0 radical (unpaired) electrons. The van der Waals surface area contributed by atoms with E-state index in [4.69, 9.17) is 9.62 Å². The molecule has 3 unspecified atom stereocenters. The highest BCUT2D eigenvalue weighted by atomic mass is 127. The van der Waals surface area contributed by atoms with Gasteiger partial charge in [-0.15, -0.1) is 0 Å². The quantitative estimate of drug-likeness (QED) is 0.413. The first kappa shape index (κ1) is 14.7. The number of ether oxygens (including phenoxy) is 1. The molecule has 2 N–H and O–H groups in total. The number of aromatic amines is 1. The van der Waals surface area contributed by atoms with Crippen LogP contribution in [-0.4, -0.2) is 40.1 Å². The lowest BCUT2D eigenvalue weighted by atomic mass is 10.0. The molecule has 19 heavy (non-hydrogen) atoms. The molecule has 0 aliphatic carbocycles. The summed E-state index contributed by atoms with van der Waals surface area (Å²) < 4.78 is 11.2. The van der Waals surface area contributed by atoms with Crippen molar-refractivity contribution in [1.82, 2.24) is 9.55 Å². The molecule has 1 aliphatic heterocycles. The summed E-state index contributed by atoms with van der Waals surface area (Å²) in [6.07, 6.45) is 0.610. The molecule has 1 aliphatic rings. The maximum Gasteiger partial charge on any atom is 0.328 e. The first-order valence-electron chi connectivity index (χ1n) is 5.63. The summed E-state index contributed by atoms with van der Waals surface area (Å²) in [5.41, 5.74) is -1.04. The van der Waals surface area contributed by atoms with Crippen LogP contribution in [0.2, 0.25) is 0 Å². The first-order valence-corrected chi connectivity index (χ1v) is 6.51. The maximum absolute atomic E-state index is 11.6. The molecule has 1 saturated heterocycles. The van der Waals surface area contributed by atoms with Gasteiger partial charge in [-0.1, -0.05) is 0 Å². The Labute approximate surface area is 121 Å². The molecular formula is C10H13IN2O6. The zero-order chi connectivity index (χ0) is 13.8. The van der Waals surface area contributed by atoms with Crippen LogP contribution < -0.4 is 11.2 Å². The van der Waals surface area contributed by atoms with Gasteiger partial charge in [0.25, 0.3) is 5.56 Å². The van der Waals surface area contributed by atoms with E-state index in [0.717, 1.165) is 0 Å². The van der Waals surface area contributed by atoms with Crippen LogP contribution in [0, 0.1) is 0 Å². The van der Waals surface area contributed by atoms with E-state index in [1.165, 1.54) is 16.8 Å². The lowest BCUT2D eigenvalue weighted by molar-refractivity contribution is -0.208. The summed E-state index contributed by atoms with van der Waals surface area (Å²) in [5.74, 6) is 0. The Hall–Kier alpha value is -0.750. The lowest BCUT2D eigenvalue weighted by Gasteiger charge is -2.33. The minimum atomic E-state index is -0.764. The number of halogens is 1. The van der Waals surface area contributed by atoms with E-state index in [2.05, 4.69) is 8.20 Å². The van der Waals surface area contributed by atoms with Crippen molar-refractivity contribution in [2.75, 3.05) is 13.2 Å². The molecule has 2 heterocycles. The van der Waals surface area contributed by atoms with Crippen molar-refractivity contribution in [2.24, 2.45) is 0 Å². The number of aliphatic hydroxyl groups excluding tert-OH is 1. The van der Waals surface area contributed by atoms with Gasteiger partial charge in [-0.2, -0.15) is 3.22 Å². The normalized spacial score (nSPS) is 27.4. The maximum atomic E-state index is 11.6. The zero-order valence-electron chi connectivity index (χ0n) is 9.82. The van der Waals surface area contributed by atoms with Gasteiger partial charge < -0.3 is 9.84 Å². The fourth-order valence-corrected chi connectivity index (χ4v) is 2.16. The van der Waals surface area contributed by atoms with E-state index in [1.807, 2.05) is 0 Å². The number of H-pyrrole nitrogens is 1. The van der Waals surface area contributed by atoms with Crippen molar-refractivity contribution < 1.29 is 17.9 Å². The smallest absolute Gasteiger partial charge is 0.328 e. The molecule has 1 aromatic rings. The van der Waals surface area contributed by atoms with Crippen LogP contribution in [0.25, 0.3) is 0 Å². The SMILES string of the molecule is O=c1ccn(C2COC(COOI)CC2O)c(=O)[nH]1. The third kappa shape index (κ3) is 3.63. The number of aliphatic hydroxyl groups is 1. The van der Waals surface area contributed by atoms with Crippen molar-refractivity contribution in [2.45, 2.75) is 24.7 Å². The van der Waals surface area contributed by atoms with Crippen LogP contribution in [-0.2, 0) is 12.8 Å². The standard InChI is InChI=1S/C10H13IN2O6/c11-19-18-4-6-3-8(14)7(5-17-6)13-2-1-9(15)12-10(13)16/h1-2,6-8,14H,3-5H2,(H,12,15,16). The number of rotatable bonds is 4. The Morgan fingerprint density at radius 2 is 2.37 bits per heavy atom. The van der Waals surface area contributed by atoms with Gasteiger partial charge in [-0.05, 0) is 0 Å². The fraction of sp³-hybridized carbons (Fsp3) is 0.600. The second kappa shape index (κ2) is 6.61. The van der Waals surface area contributed by atoms with Crippen LogP contribution in [0.4, 0.5) is 0 Å². The van der Waals surface area contributed by atoms with E-state index in [1.54, 1.807) is 23.0 Å². The summed E-state index contributed by atoms with van der Waals surface area (Å²) in [4.78, 5) is 29.5. The third-order valence-electron chi connectivity index (χ3n) is 2.96. The predicted octanol–water partition coefficient (Wildman–Crippen LogP) is -0.474. The average Bonchev–Trinajstić information content (AvgIpc) is 2.37. The number of hydrogen-bond donors (Lipinski definition) is 2. The molecule has 9 heteroatoms. The molecule has 0 saturated carbocycles. The largest absolute Gasteiger partial charge is 0.391 e. The molecule has 3 atom stereocenters. The Morgan fingerprint density at radius 3 is 3.00 bits per heavy atom. The van der Waals surface area contributed by atoms with E-state index >= 15 is 0 Å². The number of hydrogen-bond acceptors (Lipinski definition) is 6. The van der Waals surface area contributed by atoms with E-state index in [9.17, 15) is 14.7 Å². The molecule has 2 rings (SSSR count). The van der Waals surface area contributed by atoms with Gasteiger partial charge in [0.2, 0.25) is 0 Å². The lowest BCUT2D eigenvalue weighted by Crippen LogP contribution is -2.45. The van der Waals surface area contributed by atoms with E-state index in [0.29, 0.717) is 6.42 Å². The second-order valence-corrected chi connectivity index (χ2v) is 4.55. The molecule has 8 nitrogen and oxygen atoms in total. The summed E-state index contributed by atoms with van der Waals surface area (Å²) in [6.45, 7) is 0.357. The first-order chi connectivity index (χ1) is 9.11. The van der Waals surface area contributed by atoms with Gasteiger partial charge in [0.15, 0.2) is 23.0 Å². The molecule has 0 spiro atoms. The Morgan fingerprint density at radius 1 is 1.58 bits per heavy atom. The summed E-state index contributed by atoms with van der Waals surface area (Å²) in [6, 6.07) is 0.703. The number of aromatic nitrogens is 2. The fourth-order valence-electron chi connectivity index (χ4n) is 2.01. The van der Waals surface area contributed by atoms with Gasteiger partial charge >= 0.3 is 5.69 Å². The Balaban J connectivity index is 2.07. The van der Waals surface area contributed by atoms with E-state index in [-0.39, 0.29) is 19.3 Å². The third-order valence-corrected chi connectivity index (χ3v) is 3.21. The molecule has 106 valence electrons. The molecule has 0 bridgehead atoms. The molecule has 0 aromatic carbocycles. The highest BCUT2D eigenvalue weighted by Gasteiger charge is 2.31. The van der Waals surface area contributed by atoms with Crippen molar-refractivity contribution in [3.63, 3.8) is 0 Å². The van der Waals surface area contributed by atoms with Crippen LogP contribution in [0.5, 0.6) is 0 Å². The molecule has 1 fully saturated rings. The highest BCUT2D eigenvalue weighted by molar-refractivity contribution is 14.1. The van der Waals surface area contributed by atoms with Crippen LogP contribution >= 0.6 is 23.0 Å². The minimum absolute atomic E-state index is 0.155. The van der Waals surface area contributed by atoms with Crippen LogP contribution in [0.1, 0.15) is 12.5 Å². The van der Waals surface area contributed by atoms with Crippen molar-refractivity contribution in [3.05, 3.63) is 33.1 Å². The monoisotopic (exact) mass is 384 g/mol. The Kier molecular flexibility index (Phi) is 5.10. The highest BCUT2D eigenvalue weighted by Crippen LogP contribution is 2.22. The van der Waals surface area contributed by atoms with Crippen LogP contribution in [0.3, 0.4) is 0 Å². The Bertz CT molecular complexity index is 529. The number of nitrogens with one attached hydrogen (secondary N) is 1. The summed E-state index contributed by atoms with van der Waals surface area (Å²) >= 11 is 1.59. The van der Waals surface area contributed by atoms with Gasteiger partial charge in [-0.25, -0.2) is 9.68 Å². The molecular weight excluding hydrogens is 371 g/mol.